The fraction of sp³-hybridized carbons (Fsp3) is 0.800. The average molecular weight is 211 g/mol. The predicted octanol–water partition coefficient (Wildman–Crippen LogP) is 2.38. The SMILES string of the molecule is O=C(CCl)CC(F)(F)C(F)(F)F. The summed E-state index contributed by atoms with van der Waals surface area (Å²) in [5, 5.41) is 0. The van der Waals surface area contributed by atoms with Crippen LogP contribution in [0.25, 0.3) is 0 Å². The Morgan fingerprint density at radius 1 is 1.17 bits per heavy atom. The lowest BCUT2D eigenvalue weighted by Crippen LogP contribution is -2.38. The van der Waals surface area contributed by atoms with E-state index < -0.39 is 30.2 Å². The number of halogens is 6. The molecule has 0 aliphatic rings. The summed E-state index contributed by atoms with van der Waals surface area (Å²) in [7, 11) is 0. The molecule has 0 fully saturated rings. The molecule has 0 spiro atoms. The second-order valence-corrected chi connectivity index (χ2v) is 2.32. The van der Waals surface area contributed by atoms with Crippen LogP contribution < -0.4 is 0 Å². The Bertz CT molecular complexity index is 175. The summed E-state index contributed by atoms with van der Waals surface area (Å²) in [4.78, 5) is 10.2. The maximum Gasteiger partial charge on any atom is 0.453 e. The van der Waals surface area contributed by atoms with Gasteiger partial charge in [0.2, 0.25) is 0 Å². The number of ketones is 1. The number of Topliss-reactive ketones (excluding diaryl/α,β-unsaturated/α-hetero) is 1. The van der Waals surface area contributed by atoms with Crippen molar-refractivity contribution in [2.75, 3.05) is 5.88 Å². The van der Waals surface area contributed by atoms with Gasteiger partial charge in [0.1, 0.15) is 0 Å². The first-order valence-electron chi connectivity index (χ1n) is 2.73. The Morgan fingerprint density at radius 2 is 1.58 bits per heavy atom. The van der Waals surface area contributed by atoms with E-state index in [9.17, 15) is 26.7 Å². The second kappa shape index (κ2) is 3.55. The average Bonchev–Trinajstić information content (AvgIpc) is 1.84. The Morgan fingerprint density at radius 3 is 1.83 bits per heavy atom. The van der Waals surface area contributed by atoms with E-state index in [-0.39, 0.29) is 0 Å². The highest BCUT2D eigenvalue weighted by atomic mass is 35.5. The Balaban J connectivity index is 4.33. The van der Waals surface area contributed by atoms with Crippen molar-refractivity contribution in [1.29, 1.82) is 0 Å². The van der Waals surface area contributed by atoms with Gasteiger partial charge in [-0.2, -0.15) is 22.0 Å². The lowest BCUT2D eigenvalue weighted by atomic mass is 10.2. The van der Waals surface area contributed by atoms with Crippen molar-refractivity contribution >= 4 is 17.4 Å². The van der Waals surface area contributed by atoms with Gasteiger partial charge in [-0.25, -0.2) is 0 Å². The summed E-state index contributed by atoms with van der Waals surface area (Å²) in [6, 6.07) is 0. The molecule has 0 aliphatic carbocycles. The standard InChI is InChI=1S/C5H4ClF5O/c6-2-3(12)1-4(7,8)5(9,10)11/h1-2H2. The van der Waals surface area contributed by atoms with Gasteiger partial charge in [-0.15, -0.1) is 11.6 Å². The molecule has 7 heteroatoms. The van der Waals surface area contributed by atoms with E-state index in [0.717, 1.165) is 0 Å². The summed E-state index contributed by atoms with van der Waals surface area (Å²) in [6.07, 6.45) is -7.57. The summed E-state index contributed by atoms with van der Waals surface area (Å²) in [5.41, 5.74) is 0. The molecule has 72 valence electrons. The molecule has 0 saturated heterocycles. The van der Waals surface area contributed by atoms with Crippen LogP contribution in [0.5, 0.6) is 0 Å². The van der Waals surface area contributed by atoms with Crippen molar-refractivity contribution in [3.8, 4) is 0 Å². The van der Waals surface area contributed by atoms with E-state index in [1.807, 2.05) is 0 Å². The highest BCUT2D eigenvalue weighted by molar-refractivity contribution is 6.27. The van der Waals surface area contributed by atoms with Crippen LogP contribution in [0.2, 0.25) is 0 Å². The fourth-order valence-electron chi connectivity index (χ4n) is 0.395. The van der Waals surface area contributed by atoms with Gasteiger partial charge in [-0.1, -0.05) is 0 Å². The molecule has 0 atom stereocenters. The molecule has 0 aromatic heterocycles. The molecule has 0 radical (unpaired) electrons. The molecule has 0 unspecified atom stereocenters. The monoisotopic (exact) mass is 210 g/mol. The molecule has 0 heterocycles. The summed E-state index contributed by atoms with van der Waals surface area (Å²) in [5.74, 6) is -7.15. The minimum absolute atomic E-state index is 0.842. The molecule has 0 aromatic carbocycles. The third-order valence-corrected chi connectivity index (χ3v) is 1.28. The van der Waals surface area contributed by atoms with Crippen molar-refractivity contribution in [3.63, 3.8) is 0 Å². The van der Waals surface area contributed by atoms with Crippen LogP contribution in [0.15, 0.2) is 0 Å². The molecule has 0 rings (SSSR count). The molecule has 0 bridgehead atoms. The molecular weight excluding hydrogens is 206 g/mol. The zero-order chi connectivity index (χ0) is 9.99. The lowest BCUT2D eigenvalue weighted by molar-refractivity contribution is -0.281. The van der Waals surface area contributed by atoms with Gasteiger partial charge >= 0.3 is 12.1 Å². The number of rotatable bonds is 3. The van der Waals surface area contributed by atoms with Crippen LogP contribution in [-0.2, 0) is 4.79 Å². The maximum absolute atomic E-state index is 12.0. The van der Waals surface area contributed by atoms with E-state index in [4.69, 9.17) is 11.6 Å². The Kier molecular flexibility index (Phi) is 3.44. The molecule has 0 amide bonds. The number of carbonyl (C=O) groups excluding carboxylic acids is 1. The van der Waals surface area contributed by atoms with Crippen molar-refractivity contribution < 1.29 is 26.7 Å². The van der Waals surface area contributed by atoms with E-state index in [2.05, 4.69) is 0 Å². The van der Waals surface area contributed by atoms with Gasteiger partial charge < -0.3 is 0 Å². The fourth-order valence-corrected chi connectivity index (χ4v) is 0.490. The van der Waals surface area contributed by atoms with Crippen LogP contribution >= 0.6 is 11.6 Å². The van der Waals surface area contributed by atoms with E-state index in [1.165, 1.54) is 0 Å². The van der Waals surface area contributed by atoms with Gasteiger partial charge in [0.25, 0.3) is 0 Å². The number of carbonyl (C=O) groups is 1. The summed E-state index contributed by atoms with van der Waals surface area (Å²) >= 11 is 4.76. The zero-order valence-corrected chi connectivity index (χ0v) is 6.35. The highest BCUT2D eigenvalue weighted by Crippen LogP contribution is 2.38. The van der Waals surface area contributed by atoms with Crippen LogP contribution in [0.1, 0.15) is 6.42 Å². The van der Waals surface area contributed by atoms with Crippen molar-refractivity contribution in [1.82, 2.24) is 0 Å². The number of hydrogen-bond donors (Lipinski definition) is 0. The van der Waals surface area contributed by atoms with Crippen molar-refractivity contribution in [2.24, 2.45) is 0 Å². The predicted molar refractivity (Wildman–Crippen MR) is 31.3 cm³/mol. The topological polar surface area (TPSA) is 17.1 Å². The van der Waals surface area contributed by atoms with Gasteiger partial charge in [0, 0.05) is 0 Å². The van der Waals surface area contributed by atoms with Gasteiger partial charge in [-0.3, -0.25) is 4.79 Å². The third kappa shape index (κ3) is 2.92. The van der Waals surface area contributed by atoms with Gasteiger partial charge in [0.15, 0.2) is 5.78 Å². The third-order valence-electron chi connectivity index (χ3n) is 0.983. The van der Waals surface area contributed by atoms with Crippen molar-refractivity contribution in [3.05, 3.63) is 0 Å². The summed E-state index contributed by atoms with van der Waals surface area (Å²) < 4.78 is 58.1. The van der Waals surface area contributed by atoms with Gasteiger partial charge in [0.05, 0.1) is 12.3 Å². The molecule has 0 saturated carbocycles. The first-order chi connectivity index (χ1) is 5.20. The maximum atomic E-state index is 12.0. The normalized spacial score (nSPS) is 13.2. The van der Waals surface area contributed by atoms with E-state index in [0.29, 0.717) is 0 Å². The number of alkyl halides is 6. The van der Waals surface area contributed by atoms with Crippen molar-refractivity contribution in [2.45, 2.75) is 18.5 Å². The second-order valence-electron chi connectivity index (χ2n) is 2.05. The zero-order valence-electron chi connectivity index (χ0n) is 5.59. The summed E-state index contributed by atoms with van der Waals surface area (Å²) in [6.45, 7) is 0. The molecular formula is C5H4ClF5O. The smallest absolute Gasteiger partial charge is 0.298 e. The first kappa shape index (κ1) is 11.6. The molecule has 0 aliphatic heterocycles. The number of hydrogen-bond acceptors (Lipinski definition) is 1. The lowest BCUT2D eigenvalue weighted by Gasteiger charge is -2.17. The molecule has 0 aromatic rings. The quantitative estimate of drug-likeness (QED) is 0.516. The highest BCUT2D eigenvalue weighted by Gasteiger charge is 2.57. The Labute approximate surface area is 69.5 Å². The van der Waals surface area contributed by atoms with Gasteiger partial charge in [-0.05, 0) is 0 Å². The molecule has 12 heavy (non-hydrogen) atoms. The molecule has 0 N–H and O–H groups in total. The first-order valence-corrected chi connectivity index (χ1v) is 3.26. The van der Waals surface area contributed by atoms with Crippen LogP contribution in [0.3, 0.4) is 0 Å². The van der Waals surface area contributed by atoms with E-state index >= 15 is 0 Å². The van der Waals surface area contributed by atoms with Crippen LogP contribution in [0.4, 0.5) is 22.0 Å². The molecule has 1 nitrogen and oxygen atoms in total. The van der Waals surface area contributed by atoms with Crippen LogP contribution in [-0.4, -0.2) is 23.8 Å². The largest absolute Gasteiger partial charge is 0.453 e. The van der Waals surface area contributed by atoms with Crippen LogP contribution in [0, 0.1) is 0 Å². The van der Waals surface area contributed by atoms with E-state index in [1.54, 1.807) is 0 Å². The Hall–Kier alpha value is -0.390. The minimum atomic E-state index is -5.69. The minimum Gasteiger partial charge on any atom is -0.298 e.